The first kappa shape index (κ1) is 30.9. The van der Waals surface area contributed by atoms with Crippen LogP contribution in [-0.4, -0.2) is 97.1 Å². The molecule has 0 aliphatic carbocycles. The van der Waals surface area contributed by atoms with Gasteiger partial charge in [0.2, 0.25) is 11.8 Å². The van der Waals surface area contributed by atoms with Crippen LogP contribution < -0.4 is 16.0 Å². The second kappa shape index (κ2) is 14.9. The van der Waals surface area contributed by atoms with Gasteiger partial charge in [-0.1, -0.05) is 0 Å². The standard InChI is InChI=1S/C19H39N5O8Si/c1-18(2,15(26)20-10-12-25)23-24-19(3,4)16(27)21-11-13-32-17(28)22-9-8-14-33(29-5,30-6)31-7/h25H,8-14H2,1-7H3,(H,20,26)(H,21,27)(H,22,28). The third kappa shape index (κ3) is 11.5. The van der Waals surface area contributed by atoms with Crippen LogP contribution >= 0.6 is 0 Å². The Bertz CT molecular complexity index is 648. The average molecular weight is 494 g/mol. The summed E-state index contributed by atoms with van der Waals surface area (Å²) >= 11 is 0. The van der Waals surface area contributed by atoms with Gasteiger partial charge >= 0.3 is 14.9 Å². The summed E-state index contributed by atoms with van der Waals surface area (Å²) in [6.45, 7) is 6.50. The highest BCUT2D eigenvalue weighted by Crippen LogP contribution is 2.16. The first-order valence-corrected chi connectivity index (χ1v) is 12.5. The molecule has 0 aromatic heterocycles. The summed E-state index contributed by atoms with van der Waals surface area (Å²) in [7, 11) is 1.90. The Morgan fingerprint density at radius 3 is 1.76 bits per heavy atom. The molecule has 0 aromatic rings. The Morgan fingerprint density at radius 2 is 1.30 bits per heavy atom. The maximum atomic E-state index is 12.4. The number of carbonyl (C=O) groups excluding carboxylic acids is 3. The number of aliphatic hydroxyl groups excluding tert-OH is 1. The van der Waals surface area contributed by atoms with Gasteiger partial charge in [-0.15, -0.1) is 0 Å². The fourth-order valence-electron chi connectivity index (χ4n) is 2.35. The Balaban J connectivity index is 4.33. The van der Waals surface area contributed by atoms with Crippen LogP contribution in [0.25, 0.3) is 0 Å². The minimum atomic E-state index is -2.67. The molecule has 0 saturated heterocycles. The number of hydrogen-bond acceptors (Lipinski definition) is 10. The van der Waals surface area contributed by atoms with E-state index in [1.165, 1.54) is 21.3 Å². The molecule has 0 atom stereocenters. The van der Waals surface area contributed by atoms with Gasteiger partial charge in [-0.3, -0.25) is 9.59 Å². The molecule has 0 radical (unpaired) electrons. The van der Waals surface area contributed by atoms with Crippen molar-refractivity contribution in [1.29, 1.82) is 0 Å². The van der Waals surface area contributed by atoms with Gasteiger partial charge in [-0.2, -0.15) is 10.2 Å². The summed E-state index contributed by atoms with van der Waals surface area (Å²) in [5.74, 6) is -0.863. The summed E-state index contributed by atoms with van der Waals surface area (Å²) < 4.78 is 20.9. The summed E-state index contributed by atoms with van der Waals surface area (Å²) in [6, 6.07) is 0.538. The molecule has 4 N–H and O–H groups in total. The molecule has 0 aromatic carbocycles. The number of nitrogens with zero attached hydrogens (tertiary/aromatic N) is 2. The zero-order chi connectivity index (χ0) is 25.5. The number of alkyl carbamates (subject to hydrolysis) is 1. The minimum absolute atomic E-state index is 0.0350. The Hall–Kier alpha value is -2.13. The minimum Gasteiger partial charge on any atom is -0.448 e. The van der Waals surface area contributed by atoms with Gasteiger partial charge in [0.1, 0.15) is 6.61 Å². The summed E-state index contributed by atoms with van der Waals surface area (Å²) in [6.07, 6.45) is -0.0282. The van der Waals surface area contributed by atoms with Crippen molar-refractivity contribution in [3.05, 3.63) is 0 Å². The quantitative estimate of drug-likeness (QED) is 0.134. The molecule has 14 heteroatoms. The van der Waals surface area contributed by atoms with Crippen molar-refractivity contribution in [3.63, 3.8) is 0 Å². The van der Waals surface area contributed by atoms with E-state index in [2.05, 4.69) is 26.2 Å². The SMILES string of the molecule is CO[Si](CCCNC(=O)OCCNC(=O)C(C)(C)N=NC(C)(C)C(=O)NCCO)(OC)OC. The number of aliphatic hydroxyl groups is 1. The van der Waals surface area contributed by atoms with Crippen molar-refractivity contribution in [2.24, 2.45) is 10.2 Å². The molecular formula is C19H39N5O8Si. The highest BCUT2D eigenvalue weighted by Gasteiger charge is 2.37. The highest BCUT2D eigenvalue weighted by atomic mass is 28.4. The average Bonchev–Trinajstić information content (AvgIpc) is 2.79. The molecule has 0 unspecified atom stereocenters. The van der Waals surface area contributed by atoms with Crippen LogP contribution in [0.15, 0.2) is 10.2 Å². The maximum Gasteiger partial charge on any atom is 0.500 e. The summed E-state index contributed by atoms with van der Waals surface area (Å²) in [5.41, 5.74) is -2.44. The van der Waals surface area contributed by atoms with E-state index >= 15 is 0 Å². The Morgan fingerprint density at radius 1 is 0.818 bits per heavy atom. The molecule has 33 heavy (non-hydrogen) atoms. The number of hydrogen-bond donors (Lipinski definition) is 4. The molecule has 0 fully saturated rings. The number of nitrogens with one attached hydrogen (secondary N) is 3. The lowest BCUT2D eigenvalue weighted by atomic mass is 10.0. The third-order valence-electron chi connectivity index (χ3n) is 4.54. The van der Waals surface area contributed by atoms with Crippen LogP contribution in [0.2, 0.25) is 6.04 Å². The van der Waals surface area contributed by atoms with Gasteiger partial charge in [-0.05, 0) is 34.1 Å². The number of carbonyl (C=O) groups is 3. The lowest BCUT2D eigenvalue weighted by Crippen LogP contribution is -2.44. The molecule has 3 amide bonds. The molecular weight excluding hydrogens is 454 g/mol. The third-order valence-corrected chi connectivity index (χ3v) is 7.37. The van der Waals surface area contributed by atoms with Crippen LogP contribution in [0.4, 0.5) is 4.79 Å². The number of azo groups is 1. The predicted octanol–water partition coefficient (Wildman–Crippen LogP) is 0.215. The van der Waals surface area contributed by atoms with E-state index in [9.17, 15) is 14.4 Å². The van der Waals surface area contributed by atoms with Gasteiger partial charge in [0.05, 0.1) is 13.2 Å². The Labute approximate surface area is 196 Å². The van der Waals surface area contributed by atoms with E-state index in [-0.39, 0.29) is 26.3 Å². The molecule has 13 nitrogen and oxygen atoms in total. The van der Waals surface area contributed by atoms with E-state index in [0.29, 0.717) is 19.0 Å². The van der Waals surface area contributed by atoms with E-state index < -0.39 is 37.8 Å². The molecule has 0 bridgehead atoms. The van der Waals surface area contributed by atoms with Crippen molar-refractivity contribution < 1.29 is 37.5 Å². The van der Waals surface area contributed by atoms with Gasteiger partial charge < -0.3 is 39.1 Å². The predicted molar refractivity (Wildman–Crippen MR) is 122 cm³/mol. The van der Waals surface area contributed by atoms with Crippen molar-refractivity contribution >= 4 is 26.7 Å². The molecule has 0 heterocycles. The lowest BCUT2D eigenvalue weighted by Gasteiger charge is -2.24. The number of rotatable bonds is 16. The van der Waals surface area contributed by atoms with Gasteiger partial charge in [-0.25, -0.2) is 4.79 Å². The maximum absolute atomic E-state index is 12.4. The normalized spacial score (nSPS) is 12.5. The van der Waals surface area contributed by atoms with Crippen LogP contribution in [0.5, 0.6) is 0 Å². The fourth-order valence-corrected chi connectivity index (χ4v) is 4.08. The smallest absolute Gasteiger partial charge is 0.448 e. The van der Waals surface area contributed by atoms with Crippen molar-refractivity contribution in [3.8, 4) is 0 Å². The van der Waals surface area contributed by atoms with Crippen molar-refractivity contribution in [2.45, 2.75) is 51.2 Å². The first-order chi connectivity index (χ1) is 15.4. The van der Waals surface area contributed by atoms with Crippen LogP contribution in [-0.2, 0) is 27.6 Å². The molecule has 0 aliphatic rings. The second-order valence-electron chi connectivity index (χ2n) is 8.02. The van der Waals surface area contributed by atoms with E-state index in [0.717, 1.165) is 0 Å². The van der Waals surface area contributed by atoms with Crippen LogP contribution in [0.1, 0.15) is 34.1 Å². The topological polar surface area (TPSA) is 169 Å². The summed E-state index contributed by atoms with van der Waals surface area (Å²) in [5, 5.41) is 24.5. The molecule has 192 valence electrons. The van der Waals surface area contributed by atoms with E-state index in [4.69, 9.17) is 23.1 Å². The highest BCUT2D eigenvalue weighted by molar-refractivity contribution is 6.60. The van der Waals surface area contributed by atoms with Crippen molar-refractivity contribution in [2.75, 3.05) is 54.2 Å². The molecule has 0 spiro atoms. The fraction of sp³-hybridized carbons (Fsp3) is 0.842. The van der Waals surface area contributed by atoms with E-state index in [1.54, 1.807) is 27.7 Å². The van der Waals surface area contributed by atoms with Gasteiger partial charge in [0, 0.05) is 40.5 Å². The Kier molecular flexibility index (Phi) is 13.9. The zero-order valence-electron chi connectivity index (χ0n) is 20.6. The molecule has 0 rings (SSSR count). The zero-order valence-corrected chi connectivity index (χ0v) is 21.6. The summed E-state index contributed by atoms with van der Waals surface area (Å²) in [4.78, 5) is 36.2. The molecule has 0 saturated carbocycles. The van der Waals surface area contributed by atoms with Gasteiger partial charge in [0.15, 0.2) is 11.1 Å². The first-order valence-electron chi connectivity index (χ1n) is 10.6. The monoisotopic (exact) mass is 493 g/mol. The van der Waals surface area contributed by atoms with E-state index in [1.807, 2.05) is 0 Å². The van der Waals surface area contributed by atoms with Crippen LogP contribution in [0.3, 0.4) is 0 Å². The van der Waals surface area contributed by atoms with Crippen LogP contribution in [0, 0.1) is 0 Å². The number of amides is 3. The van der Waals surface area contributed by atoms with Gasteiger partial charge in [0.25, 0.3) is 0 Å². The largest absolute Gasteiger partial charge is 0.500 e. The second-order valence-corrected chi connectivity index (χ2v) is 11.1. The lowest BCUT2D eigenvalue weighted by molar-refractivity contribution is -0.127. The molecule has 0 aliphatic heterocycles. The van der Waals surface area contributed by atoms with Crippen molar-refractivity contribution in [1.82, 2.24) is 16.0 Å². The number of ether oxygens (including phenoxy) is 1.